The average Bonchev–Trinajstić information content (AvgIpc) is 3.72. The number of pyridine rings is 3. The van der Waals surface area contributed by atoms with Crippen LogP contribution in [0.25, 0.3) is 64.6 Å². The second-order valence-electron chi connectivity index (χ2n) is 10.0. The summed E-state index contributed by atoms with van der Waals surface area (Å²) >= 11 is 1.47. The predicted octanol–water partition coefficient (Wildman–Crippen LogP) is 6.58. The number of H-pyrrole nitrogens is 2. The molecule has 39 heavy (non-hydrogen) atoms. The first-order valence-corrected chi connectivity index (χ1v) is 13.7. The SMILES string of the molecule is O=C(C1CCCCC1)n1c2cncc(c2)c2ncc3[nH]nc(c4nc5c(ccnc5c5ccc1s5)[nH]4)c3c2F. The number of imidazole rings is 1. The Kier molecular flexibility index (Phi) is 4.90. The molecule has 2 N–H and O–H groups in total. The van der Waals surface area contributed by atoms with Crippen molar-refractivity contribution in [1.82, 2.24) is 39.7 Å². The molecule has 0 aliphatic heterocycles. The molecular formula is C28H21FN8OS. The topological polar surface area (TPSA) is 118 Å². The van der Waals surface area contributed by atoms with E-state index in [1.807, 2.05) is 18.2 Å². The van der Waals surface area contributed by atoms with Crippen LogP contribution in [0, 0.1) is 11.7 Å². The van der Waals surface area contributed by atoms with Gasteiger partial charge in [-0.1, -0.05) is 19.3 Å². The summed E-state index contributed by atoms with van der Waals surface area (Å²) in [7, 11) is 0. The van der Waals surface area contributed by atoms with E-state index >= 15 is 4.39 Å². The van der Waals surface area contributed by atoms with Gasteiger partial charge in [-0.25, -0.2) is 9.37 Å². The number of hydrogen-bond donors (Lipinski definition) is 2. The van der Waals surface area contributed by atoms with E-state index < -0.39 is 5.82 Å². The largest absolute Gasteiger partial charge is 0.336 e. The van der Waals surface area contributed by atoms with E-state index in [1.54, 1.807) is 35.4 Å². The number of rotatable bonds is 1. The lowest BCUT2D eigenvalue weighted by Crippen LogP contribution is -2.24. The quantitative estimate of drug-likeness (QED) is 0.245. The molecule has 9 nitrogen and oxygen atoms in total. The Labute approximate surface area is 223 Å². The lowest BCUT2D eigenvalue weighted by molar-refractivity contribution is 0.0812. The maximum Gasteiger partial charge on any atom is 0.235 e. The first kappa shape index (κ1) is 22.5. The van der Waals surface area contributed by atoms with Crippen LogP contribution in [0.3, 0.4) is 0 Å². The van der Waals surface area contributed by atoms with Crippen LogP contribution in [0.1, 0.15) is 36.9 Å². The number of carbonyl (C=O) groups is 1. The zero-order valence-electron chi connectivity index (χ0n) is 20.6. The number of aromatic nitrogens is 8. The Morgan fingerprint density at radius 1 is 0.974 bits per heavy atom. The summed E-state index contributed by atoms with van der Waals surface area (Å²) in [6.07, 6.45) is 11.4. The second-order valence-corrected chi connectivity index (χ2v) is 11.1. The van der Waals surface area contributed by atoms with Gasteiger partial charge in [0.15, 0.2) is 11.5 Å². The molecule has 7 aromatic heterocycles. The summed E-state index contributed by atoms with van der Waals surface area (Å²) in [4.78, 5) is 36.4. The van der Waals surface area contributed by atoms with Crippen molar-refractivity contribution in [3.63, 3.8) is 0 Å². The van der Waals surface area contributed by atoms with Gasteiger partial charge in [0.25, 0.3) is 0 Å². The molecule has 11 heteroatoms. The van der Waals surface area contributed by atoms with Crippen LogP contribution in [-0.2, 0) is 0 Å². The molecule has 1 saturated carbocycles. The molecule has 1 aliphatic rings. The van der Waals surface area contributed by atoms with E-state index in [0.717, 1.165) is 47.2 Å². The number of thiophene rings is 1. The highest BCUT2D eigenvalue weighted by atomic mass is 32.1. The third-order valence-electron chi connectivity index (χ3n) is 7.65. The van der Waals surface area contributed by atoms with Gasteiger partial charge >= 0.3 is 0 Å². The first-order chi connectivity index (χ1) is 19.2. The van der Waals surface area contributed by atoms with E-state index in [1.165, 1.54) is 11.3 Å². The monoisotopic (exact) mass is 536 g/mol. The lowest BCUT2D eigenvalue weighted by atomic mass is 9.88. The summed E-state index contributed by atoms with van der Waals surface area (Å²) in [5, 5.41) is 8.01. The zero-order valence-corrected chi connectivity index (χ0v) is 21.4. The Balaban J connectivity index is 1.59. The van der Waals surface area contributed by atoms with Gasteiger partial charge in [-0.3, -0.25) is 29.4 Å². The van der Waals surface area contributed by atoms with Crippen molar-refractivity contribution in [3.05, 3.63) is 54.9 Å². The van der Waals surface area contributed by atoms with Crippen molar-refractivity contribution in [2.45, 2.75) is 32.1 Å². The van der Waals surface area contributed by atoms with E-state index in [9.17, 15) is 4.79 Å². The minimum atomic E-state index is -0.535. The molecule has 0 radical (unpaired) electrons. The molecule has 0 spiro atoms. The highest BCUT2D eigenvalue weighted by molar-refractivity contribution is 7.24. The fourth-order valence-electron chi connectivity index (χ4n) is 5.73. The molecule has 0 aromatic carbocycles. The summed E-state index contributed by atoms with van der Waals surface area (Å²) in [5.74, 6) is -0.586. The van der Waals surface area contributed by atoms with Crippen molar-refractivity contribution in [3.8, 4) is 0 Å². The third kappa shape index (κ3) is 3.42. The average molecular weight is 537 g/mol. The highest BCUT2D eigenvalue weighted by Gasteiger charge is 2.24. The van der Waals surface area contributed by atoms with Gasteiger partial charge < -0.3 is 4.98 Å². The van der Waals surface area contributed by atoms with Gasteiger partial charge in [-0.2, -0.15) is 5.10 Å². The predicted molar refractivity (Wildman–Crippen MR) is 150 cm³/mol. The van der Waals surface area contributed by atoms with Crippen molar-refractivity contribution >= 4 is 81.8 Å². The van der Waals surface area contributed by atoms with E-state index in [-0.39, 0.29) is 22.7 Å². The normalized spacial score (nSPS) is 14.8. The van der Waals surface area contributed by atoms with Crippen LogP contribution in [0.5, 0.6) is 0 Å². The number of halogens is 1. The standard InChI is InChI=1S/C28H21FN8OS/c29-22-21-18-13-32-23(22)15-10-16(12-30-11-15)37(28(38)14-4-2-1-3-5-14)20-7-6-19(39-20)25-24-17(8-9-31-25)33-27(34-24)26(21)36-35-18/h6-14H,1-5H2,(H,33,34)(H,35,36). The van der Waals surface area contributed by atoms with Crippen molar-refractivity contribution in [2.75, 3.05) is 0 Å². The molecular weight excluding hydrogens is 515 g/mol. The van der Waals surface area contributed by atoms with Gasteiger partial charge in [-0.15, -0.1) is 11.3 Å². The molecule has 1 fully saturated rings. The molecule has 0 atom stereocenters. The van der Waals surface area contributed by atoms with Crippen LogP contribution in [-0.4, -0.2) is 45.6 Å². The van der Waals surface area contributed by atoms with E-state index in [0.29, 0.717) is 38.6 Å². The second kappa shape index (κ2) is 8.50. The Morgan fingerprint density at radius 2 is 1.87 bits per heavy atom. The van der Waals surface area contributed by atoms with Crippen LogP contribution >= 0.6 is 11.3 Å². The number of hydrogen-bond acceptors (Lipinski definition) is 7. The van der Waals surface area contributed by atoms with E-state index in [2.05, 4.69) is 30.1 Å². The number of carbonyl (C=O) groups excluding carboxylic acids is 1. The van der Waals surface area contributed by atoms with Crippen molar-refractivity contribution < 1.29 is 9.18 Å². The van der Waals surface area contributed by atoms with E-state index in [4.69, 9.17) is 4.98 Å². The molecule has 8 bridgehead atoms. The summed E-state index contributed by atoms with van der Waals surface area (Å²) in [6, 6.07) is 7.52. The van der Waals surface area contributed by atoms with Crippen LogP contribution in [0.2, 0.25) is 0 Å². The maximum absolute atomic E-state index is 16.2. The van der Waals surface area contributed by atoms with Gasteiger partial charge in [-0.05, 0) is 37.1 Å². The van der Waals surface area contributed by atoms with Crippen LogP contribution in [0.15, 0.2) is 49.1 Å². The molecule has 192 valence electrons. The Morgan fingerprint density at radius 3 is 2.77 bits per heavy atom. The smallest absolute Gasteiger partial charge is 0.235 e. The zero-order chi connectivity index (χ0) is 26.1. The van der Waals surface area contributed by atoms with Gasteiger partial charge in [0.2, 0.25) is 5.91 Å². The highest BCUT2D eigenvalue weighted by Crippen LogP contribution is 2.32. The molecule has 8 rings (SSSR count). The fourth-order valence-corrected chi connectivity index (χ4v) is 6.76. The summed E-state index contributed by atoms with van der Waals surface area (Å²) < 4.78 is 18.8. The van der Waals surface area contributed by atoms with Crippen molar-refractivity contribution in [2.24, 2.45) is 5.92 Å². The Bertz CT molecular complexity index is 2170. The fraction of sp³-hybridized carbons (Fsp3) is 0.214. The van der Waals surface area contributed by atoms with Gasteiger partial charge in [0, 0.05) is 23.7 Å². The van der Waals surface area contributed by atoms with Gasteiger partial charge in [0.05, 0.1) is 39.0 Å². The molecule has 7 aromatic rings. The number of nitrogens with one attached hydrogen (secondary N) is 2. The minimum absolute atomic E-state index is 0.0283. The molecule has 7 heterocycles. The minimum Gasteiger partial charge on any atom is -0.336 e. The number of nitrogens with zero attached hydrogens (tertiary/aromatic N) is 6. The summed E-state index contributed by atoms with van der Waals surface area (Å²) in [5.41, 5.74) is 4.03. The third-order valence-corrected chi connectivity index (χ3v) is 8.72. The Hall–Kier alpha value is -4.51. The molecule has 1 aliphatic carbocycles. The number of aromatic amines is 2. The molecule has 0 unspecified atom stereocenters. The first-order valence-electron chi connectivity index (χ1n) is 12.9. The van der Waals surface area contributed by atoms with Gasteiger partial charge in [0.1, 0.15) is 26.9 Å². The number of fused-ring (bicyclic) bond motifs is 9. The molecule has 0 saturated heterocycles. The summed E-state index contributed by atoms with van der Waals surface area (Å²) in [6.45, 7) is 0. The maximum atomic E-state index is 16.2. The van der Waals surface area contributed by atoms with Crippen LogP contribution < -0.4 is 0 Å². The molecule has 0 amide bonds. The van der Waals surface area contributed by atoms with Crippen molar-refractivity contribution in [1.29, 1.82) is 0 Å². The lowest BCUT2D eigenvalue weighted by Gasteiger charge is -2.21. The van der Waals surface area contributed by atoms with Crippen LogP contribution in [0.4, 0.5) is 4.39 Å².